The molecule has 1 aromatic carbocycles. The fraction of sp³-hybridized carbons (Fsp3) is 0.520. The van der Waals surface area contributed by atoms with E-state index in [1.54, 1.807) is 23.9 Å². The molecule has 2 aromatic rings. The highest BCUT2D eigenvalue weighted by atomic mass is 32.2. The number of benzene rings is 1. The first-order valence-electron chi connectivity index (χ1n) is 11.3. The molecule has 0 saturated carbocycles. The summed E-state index contributed by atoms with van der Waals surface area (Å²) in [6.07, 6.45) is 8.95. The molecule has 3 rings (SSSR count). The Morgan fingerprint density at radius 2 is 1.94 bits per heavy atom. The fourth-order valence-corrected chi connectivity index (χ4v) is 4.92. The number of piperidine rings is 1. The summed E-state index contributed by atoms with van der Waals surface area (Å²) in [5, 5.41) is 0. The van der Waals surface area contributed by atoms with Gasteiger partial charge in [-0.3, -0.25) is 9.59 Å². The van der Waals surface area contributed by atoms with Crippen LogP contribution >= 0.6 is 11.8 Å². The van der Waals surface area contributed by atoms with Crippen molar-refractivity contribution in [1.29, 1.82) is 0 Å². The number of rotatable bonds is 9. The van der Waals surface area contributed by atoms with E-state index in [2.05, 4.69) is 0 Å². The van der Waals surface area contributed by atoms with E-state index in [0.29, 0.717) is 37.9 Å². The second-order valence-electron chi connectivity index (χ2n) is 8.69. The average molecular weight is 460 g/mol. The summed E-state index contributed by atoms with van der Waals surface area (Å²) in [5.41, 5.74) is 1.67. The molecule has 1 aliphatic heterocycles. The number of likely N-dealkylation sites (tertiary alicyclic amines) is 1. The number of halogens is 1. The second kappa shape index (κ2) is 11.5. The molecule has 1 saturated heterocycles. The van der Waals surface area contributed by atoms with E-state index < -0.39 is 0 Å². The molecule has 7 heteroatoms. The molecule has 2 amide bonds. The van der Waals surface area contributed by atoms with Crippen molar-refractivity contribution in [3.63, 3.8) is 0 Å². The summed E-state index contributed by atoms with van der Waals surface area (Å²) in [7, 11) is 3.80. The Kier molecular flexibility index (Phi) is 8.79. The van der Waals surface area contributed by atoms with Gasteiger partial charge in [-0.05, 0) is 54.7 Å². The first-order valence-corrected chi connectivity index (χ1v) is 12.6. The third kappa shape index (κ3) is 6.37. The number of hydrogen-bond donors (Lipinski definition) is 0. The summed E-state index contributed by atoms with van der Waals surface area (Å²) in [4.78, 5) is 29.3. The molecule has 2 heterocycles. The highest BCUT2D eigenvalue weighted by Gasteiger charge is 2.33. The maximum Gasteiger partial charge on any atom is 0.227 e. The number of aromatic nitrogens is 1. The third-order valence-electron chi connectivity index (χ3n) is 6.48. The molecule has 5 nitrogen and oxygen atoms in total. The number of thioether (sulfide) groups is 1. The van der Waals surface area contributed by atoms with Gasteiger partial charge in [0.25, 0.3) is 0 Å². The lowest BCUT2D eigenvalue weighted by Crippen LogP contribution is -2.48. The molecule has 1 fully saturated rings. The van der Waals surface area contributed by atoms with E-state index in [9.17, 15) is 14.0 Å². The van der Waals surface area contributed by atoms with Crippen molar-refractivity contribution in [3.05, 3.63) is 59.7 Å². The van der Waals surface area contributed by atoms with Crippen LogP contribution in [-0.4, -0.2) is 64.4 Å². The predicted molar refractivity (Wildman–Crippen MR) is 128 cm³/mol. The van der Waals surface area contributed by atoms with Crippen LogP contribution in [0.4, 0.5) is 4.39 Å². The Bertz CT molecular complexity index is 908. The maximum absolute atomic E-state index is 14.4. The van der Waals surface area contributed by atoms with Crippen LogP contribution in [0.5, 0.6) is 0 Å². The molecule has 0 unspecified atom stereocenters. The van der Waals surface area contributed by atoms with E-state index in [-0.39, 0.29) is 29.6 Å². The number of likely N-dealkylation sites (N-methyl/N-ethyl adjacent to an activating group) is 1. The van der Waals surface area contributed by atoms with Crippen LogP contribution in [-0.2, 0) is 29.5 Å². The van der Waals surface area contributed by atoms with Gasteiger partial charge in [0, 0.05) is 57.8 Å². The van der Waals surface area contributed by atoms with Gasteiger partial charge in [0.15, 0.2) is 0 Å². The topological polar surface area (TPSA) is 45.6 Å². The lowest BCUT2D eigenvalue weighted by atomic mass is 9.84. The van der Waals surface area contributed by atoms with Gasteiger partial charge in [-0.1, -0.05) is 18.2 Å². The molecule has 0 N–H and O–H groups in total. The largest absolute Gasteiger partial charge is 0.357 e. The van der Waals surface area contributed by atoms with Crippen LogP contribution in [0.3, 0.4) is 0 Å². The summed E-state index contributed by atoms with van der Waals surface area (Å²) in [6.45, 7) is 1.36. The highest BCUT2D eigenvalue weighted by Crippen LogP contribution is 2.28. The SMILES string of the molecule is CSCCC(=O)N(C)[C@H](Cc1ccccc1F)C1CCN(C(=O)Cc2ccn(C)c2)CC1. The van der Waals surface area contributed by atoms with Gasteiger partial charge < -0.3 is 14.4 Å². The molecule has 1 atom stereocenters. The fourth-order valence-electron chi connectivity index (χ4n) is 4.55. The van der Waals surface area contributed by atoms with Crippen molar-refractivity contribution >= 4 is 23.6 Å². The lowest BCUT2D eigenvalue weighted by Gasteiger charge is -2.40. The van der Waals surface area contributed by atoms with Crippen LogP contribution in [0.2, 0.25) is 0 Å². The van der Waals surface area contributed by atoms with Crippen molar-refractivity contribution in [3.8, 4) is 0 Å². The van der Waals surface area contributed by atoms with Gasteiger partial charge in [-0.15, -0.1) is 0 Å². The Morgan fingerprint density at radius 3 is 2.56 bits per heavy atom. The van der Waals surface area contributed by atoms with Crippen molar-refractivity contribution in [2.24, 2.45) is 13.0 Å². The average Bonchev–Trinajstić information content (AvgIpc) is 3.21. The molecule has 174 valence electrons. The minimum Gasteiger partial charge on any atom is -0.357 e. The summed E-state index contributed by atoms with van der Waals surface area (Å²) >= 11 is 1.65. The van der Waals surface area contributed by atoms with E-state index >= 15 is 0 Å². The van der Waals surface area contributed by atoms with Gasteiger partial charge in [0.05, 0.1) is 6.42 Å². The third-order valence-corrected chi connectivity index (χ3v) is 7.10. The number of carbonyl (C=O) groups is 2. The van der Waals surface area contributed by atoms with Gasteiger partial charge >= 0.3 is 0 Å². The molecule has 0 aliphatic carbocycles. The Balaban J connectivity index is 1.66. The number of hydrogen-bond acceptors (Lipinski definition) is 3. The standard InChI is InChI=1S/C25H34FN3O2S/c1-27-12-8-19(18-27)16-25(31)29-13-9-20(10-14-29)23(28(2)24(30)11-15-32-3)17-21-6-4-5-7-22(21)26/h4-8,12,18,20,23H,9-11,13-17H2,1-3H3/t23-/m1/s1. The van der Waals surface area contributed by atoms with Crippen LogP contribution in [0.1, 0.15) is 30.4 Å². The molecule has 32 heavy (non-hydrogen) atoms. The quantitative estimate of drug-likeness (QED) is 0.574. The summed E-state index contributed by atoms with van der Waals surface area (Å²) < 4.78 is 16.4. The Morgan fingerprint density at radius 1 is 1.22 bits per heavy atom. The van der Waals surface area contributed by atoms with Gasteiger partial charge in [-0.2, -0.15) is 11.8 Å². The van der Waals surface area contributed by atoms with Crippen molar-refractivity contribution < 1.29 is 14.0 Å². The van der Waals surface area contributed by atoms with Crippen molar-refractivity contribution in [2.75, 3.05) is 32.1 Å². The maximum atomic E-state index is 14.4. The normalized spacial score (nSPS) is 15.6. The van der Waals surface area contributed by atoms with Crippen LogP contribution in [0.25, 0.3) is 0 Å². The van der Waals surface area contributed by atoms with E-state index in [1.165, 1.54) is 6.07 Å². The first-order chi connectivity index (χ1) is 15.4. The lowest BCUT2D eigenvalue weighted by molar-refractivity contribution is -0.135. The minimum atomic E-state index is -0.224. The monoisotopic (exact) mass is 459 g/mol. The molecule has 0 bridgehead atoms. The zero-order valence-corrected chi connectivity index (χ0v) is 20.1. The van der Waals surface area contributed by atoms with Crippen molar-refractivity contribution in [2.45, 2.75) is 38.1 Å². The zero-order chi connectivity index (χ0) is 23.1. The van der Waals surface area contributed by atoms with E-state index in [1.807, 2.05) is 59.2 Å². The van der Waals surface area contributed by atoms with Crippen LogP contribution in [0.15, 0.2) is 42.7 Å². The molecule has 0 radical (unpaired) electrons. The predicted octanol–water partition coefficient (Wildman–Crippen LogP) is 3.77. The van der Waals surface area contributed by atoms with Gasteiger partial charge in [0.2, 0.25) is 11.8 Å². The van der Waals surface area contributed by atoms with E-state index in [0.717, 1.165) is 24.2 Å². The smallest absolute Gasteiger partial charge is 0.227 e. The Hall–Kier alpha value is -2.28. The molecule has 1 aromatic heterocycles. The minimum absolute atomic E-state index is 0.0763. The molecule has 0 spiro atoms. The van der Waals surface area contributed by atoms with Crippen molar-refractivity contribution in [1.82, 2.24) is 14.4 Å². The Labute approximate surface area is 195 Å². The van der Waals surface area contributed by atoms with Gasteiger partial charge in [0.1, 0.15) is 5.82 Å². The summed E-state index contributed by atoms with van der Waals surface area (Å²) in [5.74, 6) is 1.03. The van der Waals surface area contributed by atoms with Crippen LogP contribution < -0.4 is 0 Å². The number of nitrogens with zero attached hydrogens (tertiary/aromatic N) is 3. The van der Waals surface area contributed by atoms with Crippen LogP contribution in [0, 0.1) is 11.7 Å². The zero-order valence-electron chi connectivity index (χ0n) is 19.3. The number of amides is 2. The summed E-state index contributed by atoms with van der Waals surface area (Å²) in [6, 6.07) is 8.72. The highest BCUT2D eigenvalue weighted by molar-refractivity contribution is 7.98. The first kappa shape index (κ1) is 24.4. The second-order valence-corrected chi connectivity index (χ2v) is 9.68. The molecular formula is C25H34FN3O2S. The number of aryl methyl sites for hydroxylation is 1. The van der Waals surface area contributed by atoms with Gasteiger partial charge in [-0.25, -0.2) is 4.39 Å². The number of carbonyl (C=O) groups excluding carboxylic acids is 2. The molecular weight excluding hydrogens is 425 g/mol. The molecule has 1 aliphatic rings. The van der Waals surface area contributed by atoms with E-state index in [4.69, 9.17) is 0 Å².